The highest BCUT2D eigenvalue weighted by Gasteiger charge is 2.12. The van der Waals surface area contributed by atoms with Crippen molar-refractivity contribution in [1.29, 1.82) is 0 Å². The Morgan fingerprint density at radius 1 is 1.32 bits per heavy atom. The number of nitrogens with two attached hydrogens (primary N) is 1. The summed E-state index contributed by atoms with van der Waals surface area (Å²) in [6.07, 6.45) is 0.883. The van der Waals surface area contributed by atoms with Crippen LogP contribution in [0.15, 0.2) is 30.3 Å². The van der Waals surface area contributed by atoms with Crippen molar-refractivity contribution in [2.24, 2.45) is 11.7 Å². The van der Waals surface area contributed by atoms with E-state index < -0.39 is 0 Å². The summed E-state index contributed by atoms with van der Waals surface area (Å²) in [6.45, 7) is 4.69. The van der Waals surface area contributed by atoms with Crippen LogP contribution < -0.4 is 15.8 Å². The van der Waals surface area contributed by atoms with Crippen LogP contribution in [0, 0.1) is 5.92 Å². The number of amides is 1. The first kappa shape index (κ1) is 17.7. The van der Waals surface area contributed by atoms with E-state index in [2.05, 4.69) is 19.2 Å². The summed E-state index contributed by atoms with van der Waals surface area (Å²) in [7, 11) is 0. The molecule has 0 aliphatic rings. The Morgan fingerprint density at radius 2 is 1.95 bits per heavy atom. The van der Waals surface area contributed by atoms with Crippen LogP contribution in [0.3, 0.4) is 0 Å². The zero-order chi connectivity index (χ0) is 13.4. The third kappa shape index (κ3) is 7.70. The lowest BCUT2D eigenvalue weighted by Gasteiger charge is -2.18. The maximum atomic E-state index is 11.7. The second-order valence-corrected chi connectivity index (χ2v) is 4.73. The average Bonchev–Trinajstić information content (AvgIpc) is 2.36. The van der Waals surface area contributed by atoms with Crippen LogP contribution in [0.2, 0.25) is 0 Å². The van der Waals surface area contributed by atoms with Crippen molar-refractivity contribution in [3.63, 3.8) is 0 Å². The van der Waals surface area contributed by atoms with Crippen LogP contribution in [0.4, 0.5) is 0 Å². The Hall–Kier alpha value is -1.26. The third-order valence-corrected chi connectivity index (χ3v) is 2.52. The molecular formula is C14H23ClN2O2. The molecule has 1 unspecified atom stereocenters. The number of carbonyl (C=O) groups is 1. The van der Waals surface area contributed by atoms with Crippen molar-refractivity contribution in [1.82, 2.24) is 5.32 Å². The summed E-state index contributed by atoms with van der Waals surface area (Å²) in [6, 6.07) is 9.31. The van der Waals surface area contributed by atoms with Crippen LogP contribution in [-0.2, 0) is 4.79 Å². The molecule has 4 nitrogen and oxygen atoms in total. The van der Waals surface area contributed by atoms with Crippen LogP contribution in [0.5, 0.6) is 5.75 Å². The van der Waals surface area contributed by atoms with Gasteiger partial charge in [0.15, 0.2) is 6.61 Å². The van der Waals surface area contributed by atoms with E-state index in [9.17, 15) is 4.79 Å². The quantitative estimate of drug-likeness (QED) is 0.805. The molecule has 5 heteroatoms. The zero-order valence-corrected chi connectivity index (χ0v) is 12.3. The number of ether oxygens (including phenoxy) is 1. The first-order valence-corrected chi connectivity index (χ1v) is 6.29. The lowest BCUT2D eigenvalue weighted by molar-refractivity contribution is -0.123. The molecule has 0 aliphatic carbocycles. The van der Waals surface area contributed by atoms with Gasteiger partial charge in [-0.3, -0.25) is 4.79 Å². The van der Waals surface area contributed by atoms with Crippen molar-refractivity contribution >= 4 is 18.3 Å². The first-order chi connectivity index (χ1) is 8.61. The van der Waals surface area contributed by atoms with Crippen LogP contribution in [0.25, 0.3) is 0 Å². The zero-order valence-electron chi connectivity index (χ0n) is 11.5. The third-order valence-electron chi connectivity index (χ3n) is 2.52. The number of nitrogens with one attached hydrogen (secondary N) is 1. The van der Waals surface area contributed by atoms with Gasteiger partial charge in [-0.1, -0.05) is 32.0 Å². The molecule has 108 valence electrons. The van der Waals surface area contributed by atoms with Crippen LogP contribution in [-0.4, -0.2) is 25.1 Å². The van der Waals surface area contributed by atoms with Gasteiger partial charge in [0.05, 0.1) is 0 Å². The lowest BCUT2D eigenvalue weighted by Crippen LogP contribution is -2.43. The summed E-state index contributed by atoms with van der Waals surface area (Å²) < 4.78 is 5.37. The Kier molecular flexibility index (Phi) is 9.00. The van der Waals surface area contributed by atoms with Gasteiger partial charge in [-0.15, -0.1) is 12.4 Å². The Balaban J connectivity index is 0.00000324. The minimum absolute atomic E-state index is 0. The molecule has 1 amide bonds. The van der Waals surface area contributed by atoms with Gasteiger partial charge in [0.1, 0.15) is 5.75 Å². The molecule has 0 radical (unpaired) electrons. The van der Waals surface area contributed by atoms with Crippen molar-refractivity contribution in [2.45, 2.75) is 26.3 Å². The second kappa shape index (κ2) is 9.64. The maximum absolute atomic E-state index is 11.7. The summed E-state index contributed by atoms with van der Waals surface area (Å²) in [5.41, 5.74) is 5.62. The molecule has 1 rings (SSSR count). The fourth-order valence-corrected chi connectivity index (χ4v) is 1.72. The molecule has 0 aromatic heterocycles. The molecule has 0 saturated carbocycles. The Labute approximate surface area is 121 Å². The van der Waals surface area contributed by atoms with E-state index in [1.165, 1.54) is 0 Å². The number of hydrogen-bond acceptors (Lipinski definition) is 3. The highest BCUT2D eigenvalue weighted by molar-refractivity contribution is 5.85. The number of para-hydroxylation sites is 1. The van der Waals surface area contributed by atoms with E-state index in [-0.39, 0.29) is 31.0 Å². The molecule has 0 fully saturated rings. The average molecular weight is 287 g/mol. The smallest absolute Gasteiger partial charge is 0.258 e. The molecule has 19 heavy (non-hydrogen) atoms. The van der Waals surface area contributed by atoms with Gasteiger partial charge in [0.25, 0.3) is 5.91 Å². The van der Waals surface area contributed by atoms with Gasteiger partial charge < -0.3 is 15.8 Å². The standard InChI is InChI=1S/C14H22N2O2.ClH/c1-11(2)8-12(9-15)16-14(17)10-18-13-6-4-3-5-7-13;/h3-7,11-12H,8-10,15H2,1-2H3,(H,16,17);1H. The van der Waals surface area contributed by atoms with E-state index >= 15 is 0 Å². The fraction of sp³-hybridized carbons (Fsp3) is 0.500. The van der Waals surface area contributed by atoms with Gasteiger partial charge in [-0.05, 0) is 24.5 Å². The molecule has 1 aromatic carbocycles. The number of rotatable bonds is 7. The monoisotopic (exact) mass is 286 g/mol. The van der Waals surface area contributed by atoms with Gasteiger partial charge >= 0.3 is 0 Å². The fourth-order valence-electron chi connectivity index (χ4n) is 1.72. The van der Waals surface area contributed by atoms with E-state index in [1.807, 2.05) is 30.3 Å². The van der Waals surface area contributed by atoms with Crippen molar-refractivity contribution in [2.75, 3.05) is 13.2 Å². The predicted octanol–water partition coefficient (Wildman–Crippen LogP) is 1.98. The molecule has 1 atom stereocenters. The molecule has 0 bridgehead atoms. The minimum Gasteiger partial charge on any atom is -0.484 e. The molecule has 3 N–H and O–H groups in total. The normalized spacial score (nSPS) is 11.6. The Morgan fingerprint density at radius 3 is 2.47 bits per heavy atom. The van der Waals surface area contributed by atoms with E-state index in [0.717, 1.165) is 6.42 Å². The van der Waals surface area contributed by atoms with Crippen molar-refractivity contribution < 1.29 is 9.53 Å². The number of halogens is 1. The van der Waals surface area contributed by atoms with E-state index in [4.69, 9.17) is 10.5 Å². The highest BCUT2D eigenvalue weighted by atomic mass is 35.5. The first-order valence-electron chi connectivity index (χ1n) is 6.29. The molecule has 0 saturated heterocycles. The van der Waals surface area contributed by atoms with Gasteiger partial charge in [0.2, 0.25) is 0 Å². The molecule has 0 heterocycles. The molecule has 1 aromatic rings. The van der Waals surface area contributed by atoms with Gasteiger partial charge in [-0.25, -0.2) is 0 Å². The van der Waals surface area contributed by atoms with E-state index in [1.54, 1.807) is 0 Å². The molecular weight excluding hydrogens is 264 g/mol. The van der Waals surface area contributed by atoms with Crippen molar-refractivity contribution in [3.05, 3.63) is 30.3 Å². The SMILES string of the molecule is CC(C)CC(CN)NC(=O)COc1ccccc1.Cl. The second-order valence-electron chi connectivity index (χ2n) is 4.73. The maximum Gasteiger partial charge on any atom is 0.258 e. The number of hydrogen-bond donors (Lipinski definition) is 2. The Bertz CT molecular complexity index is 358. The van der Waals surface area contributed by atoms with E-state index in [0.29, 0.717) is 18.2 Å². The molecule has 0 spiro atoms. The lowest BCUT2D eigenvalue weighted by atomic mass is 10.0. The summed E-state index contributed by atoms with van der Waals surface area (Å²) in [4.78, 5) is 11.7. The summed E-state index contributed by atoms with van der Waals surface area (Å²) >= 11 is 0. The number of benzene rings is 1. The van der Waals surface area contributed by atoms with Crippen LogP contribution in [0.1, 0.15) is 20.3 Å². The largest absolute Gasteiger partial charge is 0.484 e. The highest BCUT2D eigenvalue weighted by Crippen LogP contribution is 2.08. The molecule has 0 aliphatic heterocycles. The summed E-state index contributed by atoms with van der Waals surface area (Å²) in [5, 5.41) is 2.88. The van der Waals surface area contributed by atoms with Gasteiger partial charge in [-0.2, -0.15) is 0 Å². The predicted molar refractivity (Wildman–Crippen MR) is 79.6 cm³/mol. The minimum atomic E-state index is -0.130. The topological polar surface area (TPSA) is 64.3 Å². The van der Waals surface area contributed by atoms with Crippen molar-refractivity contribution in [3.8, 4) is 5.75 Å². The van der Waals surface area contributed by atoms with Gasteiger partial charge in [0, 0.05) is 12.6 Å². The number of carbonyl (C=O) groups excluding carboxylic acids is 1. The van der Waals surface area contributed by atoms with Crippen LogP contribution >= 0.6 is 12.4 Å². The summed E-state index contributed by atoms with van der Waals surface area (Å²) in [5.74, 6) is 1.07.